The summed E-state index contributed by atoms with van der Waals surface area (Å²) in [7, 11) is 0. The Balaban J connectivity index is 1.51. The lowest BCUT2D eigenvalue weighted by atomic mass is 10.1. The number of benzene rings is 2. The molecule has 0 radical (unpaired) electrons. The number of carbonyl (C=O) groups is 4. The minimum atomic E-state index is -0.443. The average Bonchev–Trinajstić information content (AvgIpc) is 2.88. The van der Waals surface area contributed by atoms with Gasteiger partial charge in [0, 0.05) is 17.7 Å². The summed E-state index contributed by atoms with van der Waals surface area (Å²) in [5.74, 6) is -0.817. The predicted octanol–water partition coefficient (Wildman–Crippen LogP) is 2.82. The van der Waals surface area contributed by atoms with Gasteiger partial charge in [0.1, 0.15) is 0 Å². The zero-order chi connectivity index (χ0) is 17.8. The Bertz CT molecular complexity index is 813. The van der Waals surface area contributed by atoms with Gasteiger partial charge >= 0.3 is 0 Å². The molecule has 126 valence electrons. The van der Waals surface area contributed by atoms with Crippen LogP contribution >= 0.6 is 11.8 Å². The highest BCUT2D eigenvalue weighted by molar-refractivity contribution is 8.14. The maximum Gasteiger partial charge on any atom is 0.261 e. The lowest BCUT2D eigenvalue weighted by Crippen LogP contribution is -2.35. The summed E-state index contributed by atoms with van der Waals surface area (Å²) in [5, 5.41) is -0.103. The second kappa shape index (κ2) is 7.44. The molecular weight excluding hydrogens is 338 g/mol. The second-order valence-electron chi connectivity index (χ2n) is 5.53. The van der Waals surface area contributed by atoms with Crippen molar-refractivity contribution in [1.82, 2.24) is 4.90 Å². The molecule has 0 N–H and O–H groups in total. The fourth-order valence-corrected chi connectivity index (χ4v) is 3.37. The van der Waals surface area contributed by atoms with Gasteiger partial charge in [0.2, 0.25) is 5.12 Å². The molecule has 0 aromatic heterocycles. The van der Waals surface area contributed by atoms with Gasteiger partial charge in [0.05, 0.1) is 17.7 Å². The fourth-order valence-electron chi connectivity index (χ4n) is 2.55. The van der Waals surface area contributed by atoms with Crippen LogP contribution in [0.1, 0.15) is 37.5 Å². The number of hydrogen-bond donors (Lipinski definition) is 0. The molecule has 1 aliphatic heterocycles. The van der Waals surface area contributed by atoms with Crippen LogP contribution in [-0.4, -0.2) is 39.9 Å². The minimum absolute atomic E-state index is 0.103. The van der Waals surface area contributed by atoms with E-state index in [4.69, 9.17) is 0 Å². The van der Waals surface area contributed by atoms with Crippen LogP contribution in [0.15, 0.2) is 54.6 Å². The smallest absolute Gasteiger partial charge is 0.261 e. The van der Waals surface area contributed by atoms with Crippen LogP contribution in [0.5, 0.6) is 0 Å². The molecule has 0 saturated heterocycles. The first-order valence-corrected chi connectivity index (χ1v) is 8.75. The third-order valence-electron chi connectivity index (χ3n) is 3.84. The fraction of sp³-hybridized carbons (Fsp3) is 0.158. The van der Waals surface area contributed by atoms with Crippen LogP contribution < -0.4 is 0 Å². The molecule has 25 heavy (non-hydrogen) atoms. The van der Waals surface area contributed by atoms with Crippen molar-refractivity contribution in [3.63, 3.8) is 0 Å². The molecule has 0 spiro atoms. The van der Waals surface area contributed by atoms with Gasteiger partial charge in [-0.05, 0) is 12.1 Å². The summed E-state index contributed by atoms with van der Waals surface area (Å²) in [6.07, 6.45) is 0.122. The number of carbonyl (C=O) groups excluding carboxylic acids is 4. The lowest BCUT2D eigenvalue weighted by Gasteiger charge is -2.12. The van der Waals surface area contributed by atoms with Gasteiger partial charge in [-0.1, -0.05) is 54.2 Å². The first-order valence-electron chi connectivity index (χ1n) is 7.77. The molecule has 0 atom stereocenters. The van der Waals surface area contributed by atoms with Crippen LogP contribution in [0.2, 0.25) is 0 Å². The Morgan fingerprint density at radius 2 is 1.40 bits per heavy atom. The summed E-state index contributed by atoms with van der Waals surface area (Å²) < 4.78 is 0. The number of hydrogen-bond acceptors (Lipinski definition) is 5. The average molecular weight is 353 g/mol. The number of thioether (sulfide) groups is 1. The molecule has 6 heteroatoms. The lowest BCUT2D eigenvalue weighted by molar-refractivity contribution is -0.119. The molecule has 2 aromatic rings. The quantitative estimate of drug-likeness (QED) is 0.747. The van der Waals surface area contributed by atoms with Crippen LogP contribution in [0.3, 0.4) is 0 Å². The zero-order valence-corrected chi connectivity index (χ0v) is 14.1. The van der Waals surface area contributed by atoms with E-state index in [1.54, 1.807) is 48.5 Å². The predicted molar refractivity (Wildman–Crippen MR) is 94.7 cm³/mol. The highest BCUT2D eigenvalue weighted by Crippen LogP contribution is 2.22. The number of ketones is 1. The molecule has 0 bridgehead atoms. The van der Waals surface area contributed by atoms with Gasteiger partial charge in [0.25, 0.3) is 11.8 Å². The molecule has 1 aliphatic rings. The van der Waals surface area contributed by atoms with Crippen LogP contribution in [0.25, 0.3) is 0 Å². The minimum Gasteiger partial charge on any atom is -0.298 e. The third-order valence-corrected chi connectivity index (χ3v) is 4.74. The maximum absolute atomic E-state index is 12.2. The van der Waals surface area contributed by atoms with Crippen LogP contribution in [0, 0.1) is 0 Å². The largest absolute Gasteiger partial charge is 0.298 e. The number of rotatable bonds is 6. The molecule has 1 heterocycles. The highest BCUT2D eigenvalue weighted by Gasteiger charge is 2.35. The number of nitrogens with zero attached hydrogens (tertiary/aromatic N) is 1. The first-order chi connectivity index (χ1) is 12.1. The van der Waals surface area contributed by atoms with Crippen molar-refractivity contribution >= 4 is 34.5 Å². The van der Waals surface area contributed by atoms with Crippen molar-refractivity contribution in [2.24, 2.45) is 0 Å². The Hall–Kier alpha value is -2.73. The monoisotopic (exact) mass is 353 g/mol. The van der Waals surface area contributed by atoms with Crippen molar-refractivity contribution in [2.45, 2.75) is 6.42 Å². The van der Waals surface area contributed by atoms with E-state index < -0.39 is 11.8 Å². The Kier molecular flexibility index (Phi) is 5.09. The zero-order valence-electron chi connectivity index (χ0n) is 13.3. The van der Waals surface area contributed by atoms with Crippen molar-refractivity contribution in [1.29, 1.82) is 0 Å². The Labute approximate surface area is 149 Å². The number of amides is 2. The van der Waals surface area contributed by atoms with Gasteiger partial charge in [-0.25, -0.2) is 0 Å². The first kappa shape index (κ1) is 17.1. The van der Waals surface area contributed by atoms with Crippen LogP contribution in [-0.2, 0) is 4.79 Å². The Morgan fingerprint density at radius 1 is 0.840 bits per heavy atom. The summed E-state index contributed by atoms with van der Waals surface area (Å²) >= 11 is 1.06. The third kappa shape index (κ3) is 3.69. The van der Waals surface area contributed by atoms with E-state index in [0.717, 1.165) is 16.7 Å². The van der Waals surface area contributed by atoms with E-state index >= 15 is 0 Å². The number of Topliss-reactive ketones (excluding diaryl/α,β-unsaturated/α-hetero) is 1. The van der Waals surface area contributed by atoms with E-state index in [1.165, 1.54) is 0 Å². The topological polar surface area (TPSA) is 71.5 Å². The van der Waals surface area contributed by atoms with Crippen molar-refractivity contribution in [3.8, 4) is 0 Å². The molecule has 0 fully saturated rings. The van der Waals surface area contributed by atoms with Gasteiger partial charge in [0.15, 0.2) is 5.78 Å². The van der Waals surface area contributed by atoms with Crippen molar-refractivity contribution in [3.05, 3.63) is 71.3 Å². The summed E-state index contributed by atoms with van der Waals surface area (Å²) in [6, 6.07) is 15.3. The molecule has 5 nitrogen and oxygen atoms in total. The van der Waals surface area contributed by atoms with Gasteiger partial charge in [-0.15, -0.1) is 0 Å². The van der Waals surface area contributed by atoms with Crippen molar-refractivity contribution in [2.75, 3.05) is 12.3 Å². The normalized spacial score (nSPS) is 13.0. The van der Waals surface area contributed by atoms with Crippen LogP contribution in [0.4, 0.5) is 0 Å². The van der Waals surface area contributed by atoms with Gasteiger partial charge in [-0.3, -0.25) is 24.1 Å². The standard InChI is InChI=1S/C19H15NO4S/c21-14(10-11-25-19(24)13-6-2-1-3-7-13)12-20-17(22)15-8-4-5-9-16(15)18(20)23/h1-9H,10-12H2. The highest BCUT2D eigenvalue weighted by atomic mass is 32.2. The summed E-state index contributed by atoms with van der Waals surface area (Å²) in [5.41, 5.74) is 1.24. The van der Waals surface area contributed by atoms with E-state index in [9.17, 15) is 19.2 Å². The van der Waals surface area contributed by atoms with E-state index in [-0.39, 0.29) is 23.9 Å². The molecular formula is C19H15NO4S. The molecule has 2 amide bonds. The van der Waals surface area contributed by atoms with E-state index in [1.807, 2.05) is 6.07 Å². The second-order valence-corrected chi connectivity index (χ2v) is 6.60. The summed E-state index contributed by atoms with van der Waals surface area (Å²) in [6.45, 7) is -0.258. The Morgan fingerprint density at radius 3 is 2.00 bits per heavy atom. The molecule has 0 aliphatic carbocycles. The summed E-state index contributed by atoms with van der Waals surface area (Å²) in [4.78, 5) is 49.4. The molecule has 0 saturated carbocycles. The number of imide groups is 1. The van der Waals surface area contributed by atoms with Gasteiger partial charge < -0.3 is 0 Å². The van der Waals surface area contributed by atoms with E-state index in [0.29, 0.717) is 22.4 Å². The van der Waals surface area contributed by atoms with E-state index in [2.05, 4.69) is 0 Å². The maximum atomic E-state index is 12.2. The molecule has 2 aromatic carbocycles. The SMILES string of the molecule is O=C(CCSC(=O)c1ccccc1)CN1C(=O)c2ccccc2C1=O. The van der Waals surface area contributed by atoms with Gasteiger partial charge in [-0.2, -0.15) is 0 Å². The molecule has 0 unspecified atom stereocenters. The number of fused-ring (bicyclic) bond motifs is 1. The van der Waals surface area contributed by atoms with Crippen molar-refractivity contribution < 1.29 is 19.2 Å². The molecule has 3 rings (SSSR count).